The van der Waals surface area contributed by atoms with E-state index in [0.717, 1.165) is 0 Å². The lowest BCUT2D eigenvalue weighted by Gasteiger charge is -2.10. The first-order valence-corrected chi connectivity index (χ1v) is 11.4. The van der Waals surface area contributed by atoms with Crippen molar-refractivity contribution in [3.05, 3.63) is 34.3 Å². The molecule has 1 aromatic rings. The van der Waals surface area contributed by atoms with Gasteiger partial charge in [-0.1, -0.05) is 11.6 Å². The predicted octanol–water partition coefficient (Wildman–Crippen LogP) is 1.95. The third-order valence-corrected chi connectivity index (χ3v) is 4.82. The number of carbonyl (C=O) groups is 5. The molecule has 33 heavy (non-hydrogen) atoms. The van der Waals surface area contributed by atoms with E-state index in [-0.39, 0.29) is 49.5 Å². The molecular weight excluding hydrogens is 450 g/mol. The summed E-state index contributed by atoms with van der Waals surface area (Å²) in [6, 6.07) is 4.91. The molecule has 3 amide bonds. The summed E-state index contributed by atoms with van der Waals surface area (Å²) in [6.45, 7) is 3.95. The van der Waals surface area contributed by atoms with Crippen LogP contribution in [0.3, 0.4) is 0 Å². The molecule has 0 fully saturated rings. The Kier molecular flexibility index (Phi) is 13.4. The van der Waals surface area contributed by atoms with E-state index >= 15 is 0 Å². The van der Waals surface area contributed by atoms with Crippen molar-refractivity contribution < 1.29 is 28.7 Å². The second kappa shape index (κ2) is 15.8. The molecule has 0 radical (unpaired) electrons. The van der Waals surface area contributed by atoms with Crippen molar-refractivity contribution in [2.75, 3.05) is 26.2 Å². The number of nitrogens with one attached hydrogen (secondary N) is 3. The highest BCUT2D eigenvalue weighted by molar-refractivity contribution is 6.30. The van der Waals surface area contributed by atoms with Crippen LogP contribution in [0.15, 0.2) is 18.2 Å². The van der Waals surface area contributed by atoms with Gasteiger partial charge in [-0.3, -0.25) is 24.0 Å². The molecule has 0 unspecified atom stereocenters. The molecule has 0 heterocycles. The van der Waals surface area contributed by atoms with E-state index in [4.69, 9.17) is 16.3 Å². The molecular formula is C23H32ClN3O6. The Morgan fingerprint density at radius 1 is 0.909 bits per heavy atom. The Balaban J connectivity index is 2.45. The van der Waals surface area contributed by atoms with E-state index in [1.165, 1.54) is 6.92 Å². The number of halogens is 1. The molecule has 1 rings (SSSR count). The van der Waals surface area contributed by atoms with Crippen LogP contribution >= 0.6 is 11.6 Å². The molecule has 9 nitrogen and oxygen atoms in total. The van der Waals surface area contributed by atoms with Gasteiger partial charge >= 0.3 is 5.97 Å². The van der Waals surface area contributed by atoms with Gasteiger partial charge in [0.1, 0.15) is 6.54 Å². The summed E-state index contributed by atoms with van der Waals surface area (Å²) >= 11 is 6.06. The highest BCUT2D eigenvalue weighted by Gasteiger charge is 2.14. The number of rotatable bonds is 15. The van der Waals surface area contributed by atoms with E-state index < -0.39 is 5.97 Å². The monoisotopic (exact) mass is 481 g/mol. The van der Waals surface area contributed by atoms with E-state index in [1.807, 2.05) is 0 Å². The SMILES string of the molecule is CCOC(=O)CNC(=O)CCc1cc(Cl)ccc1C(=O)CCCNC(=O)CCCNC(C)=O. The lowest BCUT2D eigenvalue weighted by molar-refractivity contribution is -0.143. The summed E-state index contributed by atoms with van der Waals surface area (Å²) in [7, 11) is 0. The maximum absolute atomic E-state index is 12.7. The summed E-state index contributed by atoms with van der Waals surface area (Å²) in [5.74, 6) is -1.21. The Morgan fingerprint density at radius 3 is 2.27 bits per heavy atom. The molecule has 0 saturated carbocycles. The molecule has 0 saturated heterocycles. The molecule has 0 aliphatic heterocycles. The van der Waals surface area contributed by atoms with Crippen LogP contribution < -0.4 is 16.0 Å². The number of hydrogen-bond donors (Lipinski definition) is 3. The predicted molar refractivity (Wildman–Crippen MR) is 124 cm³/mol. The van der Waals surface area contributed by atoms with Crippen LogP contribution in [-0.4, -0.2) is 55.7 Å². The number of carbonyl (C=O) groups excluding carboxylic acids is 5. The second-order valence-electron chi connectivity index (χ2n) is 7.35. The number of hydrogen-bond acceptors (Lipinski definition) is 6. The molecule has 10 heteroatoms. The number of Topliss-reactive ketones (excluding diaryl/α,β-unsaturated/α-hetero) is 1. The maximum atomic E-state index is 12.7. The Hall–Kier alpha value is -2.94. The van der Waals surface area contributed by atoms with Crippen LogP contribution in [-0.2, 0) is 30.3 Å². The average Bonchev–Trinajstić information content (AvgIpc) is 2.76. The van der Waals surface area contributed by atoms with Crippen LogP contribution in [0.2, 0.25) is 5.02 Å². The standard InChI is InChI=1S/C23H32ClN3O6/c1-3-33-23(32)15-27-22(31)11-8-17-14-18(24)9-10-19(17)20(29)6-4-13-26-21(30)7-5-12-25-16(2)28/h9-10,14H,3-8,11-13,15H2,1-2H3,(H,25,28)(H,26,30)(H,27,31). The van der Waals surface area contributed by atoms with Gasteiger partial charge in [0.05, 0.1) is 6.61 Å². The van der Waals surface area contributed by atoms with Gasteiger partial charge in [-0.25, -0.2) is 0 Å². The Morgan fingerprint density at radius 2 is 1.58 bits per heavy atom. The highest BCUT2D eigenvalue weighted by atomic mass is 35.5. The van der Waals surface area contributed by atoms with Gasteiger partial charge < -0.3 is 20.7 Å². The number of ketones is 1. The minimum absolute atomic E-state index is 0.0918. The number of esters is 1. The van der Waals surface area contributed by atoms with E-state index in [0.29, 0.717) is 54.9 Å². The normalized spacial score (nSPS) is 10.3. The molecule has 1 aromatic carbocycles. The third-order valence-electron chi connectivity index (χ3n) is 4.58. The summed E-state index contributed by atoms with van der Waals surface area (Å²) in [6.07, 6.45) is 1.93. The van der Waals surface area contributed by atoms with Gasteiger partial charge in [0.15, 0.2) is 5.78 Å². The first-order valence-electron chi connectivity index (χ1n) is 11.0. The van der Waals surface area contributed by atoms with Crippen LogP contribution in [0.5, 0.6) is 0 Å². The first-order chi connectivity index (χ1) is 15.7. The molecule has 0 aliphatic rings. The van der Waals surface area contributed by atoms with Crippen molar-refractivity contribution in [2.45, 2.75) is 52.4 Å². The number of ether oxygens (including phenoxy) is 1. The summed E-state index contributed by atoms with van der Waals surface area (Å²) in [4.78, 5) is 58.6. The van der Waals surface area contributed by atoms with E-state index in [1.54, 1.807) is 25.1 Å². The van der Waals surface area contributed by atoms with Gasteiger partial charge in [-0.05, 0) is 49.9 Å². The lowest BCUT2D eigenvalue weighted by atomic mass is 9.97. The van der Waals surface area contributed by atoms with Crippen molar-refractivity contribution in [3.8, 4) is 0 Å². The zero-order chi connectivity index (χ0) is 24.6. The second-order valence-corrected chi connectivity index (χ2v) is 7.78. The zero-order valence-electron chi connectivity index (χ0n) is 19.1. The van der Waals surface area contributed by atoms with Crippen LogP contribution in [0, 0.1) is 0 Å². The molecule has 0 spiro atoms. The Bertz CT molecular complexity index is 843. The van der Waals surface area contributed by atoms with Gasteiger partial charge in [-0.15, -0.1) is 0 Å². The average molecular weight is 482 g/mol. The number of amides is 3. The van der Waals surface area contributed by atoms with Gasteiger partial charge in [0.25, 0.3) is 0 Å². The Labute approximate surface area is 199 Å². The highest BCUT2D eigenvalue weighted by Crippen LogP contribution is 2.20. The first kappa shape index (κ1) is 28.1. The van der Waals surface area contributed by atoms with Crippen LogP contribution in [0.4, 0.5) is 0 Å². The molecule has 0 aliphatic carbocycles. The smallest absolute Gasteiger partial charge is 0.325 e. The number of benzene rings is 1. The fourth-order valence-corrected chi connectivity index (χ4v) is 3.17. The molecule has 0 atom stereocenters. The number of aryl methyl sites for hydroxylation is 1. The van der Waals surface area contributed by atoms with E-state index in [9.17, 15) is 24.0 Å². The summed E-state index contributed by atoms with van der Waals surface area (Å²) in [5.41, 5.74) is 1.14. The summed E-state index contributed by atoms with van der Waals surface area (Å²) in [5, 5.41) is 8.33. The third kappa shape index (κ3) is 12.6. The lowest BCUT2D eigenvalue weighted by Crippen LogP contribution is -2.30. The van der Waals surface area contributed by atoms with Gasteiger partial charge in [0, 0.05) is 49.9 Å². The largest absolute Gasteiger partial charge is 0.465 e. The molecule has 3 N–H and O–H groups in total. The van der Waals surface area contributed by atoms with Crippen LogP contribution in [0.25, 0.3) is 0 Å². The fourth-order valence-electron chi connectivity index (χ4n) is 2.97. The van der Waals surface area contributed by atoms with Crippen molar-refractivity contribution in [2.24, 2.45) is 0 Å². The maximum Gasteiger partial charge on any atom is 0.325 e. The van der Waals surface area contributed by atoms with Crippen LogP contribution in [0.1, 0.15) is 61.9 Å². The molecule has 0 bridgehead atoms. The fraction of sp³-hybridized carbons (Fsp3) is 0.522. The zero-order valence-corrected chi connectivity index (χ0v) is 19.9. The molecule has 0 aromatic heterocycles. The molecule has 182 valence electrons. The van der Waals surface area contributed by atoms with Crippen molar-refractivity contribution in [1.29, 1.82) is 0 Å². The van der Waals surface area contributed by atoms with E-state index in [2.05, 4.69) is 16.0 Å². The topological polar surface area (TPSA) is 131 Å². The van der Waals surface area contributed by atoms with Crippen molar-refractivity contribution >= 4 is 41.1 Å². The minimum Gasteiger partial charge on any atom is -0.465 e. The quantitative estimate of drug-likeness (QED) is 0.199. The van der Waals surface area contributed by atoms with Gasteiger partial charge in [-0.2, -0.15) is 0 Å². The van der Waals surface area contributed by atoms with Crippen molar-refractivity contribution in [3.63, 3.8) is 0 Å². The van der Waals surface area contributed by atoms with Crippen molar-refractivity contribution in [1.82, 2.24) is 16.0 Å². The van der Waals surface area contributed by atoms with Gasteiger partial charge in [0.2, 0.25) is 17.7 Å². The summed E-state index contributed by atoms with van der Waals surface area (Å²) < 4.78 is 4.76. The minimum atomic E-state index is -0.510.